The van der Waals surface area contributed by atoms with E-state index in [-0.39, 0.29) is 13.2 Å². The van der Waals surface area contributed by atoms with Crippen LogP contribution < -0.4 is 9.47 Å². The third-order valence-corrected chi connectivity index (χ3v) is 5.68. The Morgan fingerprint density at radius 1 is 0.528 bits per heavy atom. The molecule has 5 rings (SSSR count). The summed E-state index contributed by atoms with van der Waals surface area (Å²) in [6.07, 6.45) is 10.6. The first kappa shape index (κ1) is 22.7. The number of nitrogens with zero attached hydrogens (tertiary/aromatic N) is 2. The molecule has 0 amide bonds. The predicted molar refractivity (Wildman–Crippen MR) is 145 cm³/mol. The fraction of sp³-hybridized carbons (Fsp3) is 0.0625. The highest BCUT2D eigenvalue weighted by Gasteiger charge is 2.19. The van der Waals surface area contributed by atoms with E-state index >= 15 is 0 Å². The highest BCUT2D eigenvalue weighted by molar-refractivity contribution is 6.22. The van der Waals surface area contributed by atoms with Gasteiger partial charge in [-0.3, -0.25) is 0 Å². The normalized spacial score (nSPS) is 11.8. The van der Waals surface area contributed by atoms with Gasteiger partial charge >= 0.3 is 0 Å². The Morgan fingerprint density at radius 3 is 1.31 bits per heavy atom. The van der Waals surface area contributed by atoms with Gasteiger partial charge in [0.2, 0.25) is 0 Å². The summed E-state index contributed by atoms with van der Waals surface area (Å²) in [5, 5.41) is 0. The second kappa shape index (κ2) is 10.5. The van der Waals surface area contributed by atoms with E-state index in [1.54, 1.807) is 0 Å². The van der Waals surface area contributed by atoms with Crippen molar-refractivity contribution >= 4 is 22.8 Å². The lowest BCUT2D eigenvalue weighted by atomic mass is 9.96. The summed E-state index contributed by atoms with van der Waals surface area (Å²) >= 11 is 0. The van der Waals surface area contributed by atoms with Crippen molar-refractivity contribution < 1.29 is 9.47 Å². The van der Waals surface area contributed by atoms with E-state index < -0.39 is 0 Å². The molecule has 4 aromatic rings. The number of fused-ring (bicyclic) bond motifs is 2. The molecule has 0 saturated carbocycles. The summed E-state index contributed by atoms with van der Waals surface area (Å²) in [5.41, 5.74) is 7.14. The molecule has 1 aliphatic rings. The maximum atomic E-state index is 5.54. The van der Waals surface area contributed by atoms with E-state index in [1.165, 1.54) is 0 Å². The van der Waals surface area contributed by atoms with Gasteiger partial charge in [-0.15, -0.1) is 12.8 Å². The smallest absolute Gasteiger partial charge is 0.148 e. The van der Waals surface area contributed by atoms with E-state index in [1.807, 2.05) is 97.1 Å². The Morgan fingerprint density at radius 2 is 0.917 bits per heavy atom. The predicted octanol–water partition coefficient (Wildman–Crippen LogP) is 6.36. The highest BCUT2D eigenvalue weighted by atomic mass is 16.5. The number of aliphatic imine (C=N–C) groups is 2. The molecule has 0 fully saturated rings. The first-order valence-corrected chi connectivity index (χ1v) is 11.5. The van der Waals surface area contributed by atoms with Crippen LogP contribution in [0.3, 0.4) is 0 Å². The molecule has 0 atom stereocenters. The minimum absolute atomic E-state index is 0.227. The van der Waals surface area contributed by atoms with Crippen LogP contribution in [0.5, 0.6) is 11.5 Å². The van der Waals surface area contributed by atoms with Crippen molar-refractivity contribution in [2.24, 2.45) is 9.98 Å². The van der Waals surface area contributed by atoms with Crippen molar-refractivity contribution in [2.45, 2.75) is 0 Å². The van der Waals surface area contributed by atoms with Crippen LogP contribution in [0.15, 0.2) is 107 Å². The second-order valence-electron chi connectivity index (χ2n) is 7.99. The summed E-state index contributed by atoms with van der Waals surface area (Å²) in [6, 6.07) is 31.7. The SMILES string of the molecule is C#CCOc1ccc(C2=Nc3ccccc3C(c3ccc(OCC#C)cc3)=Nc3ccccc32)cc1. The Hall–Kier alpha value is -5.06. The van der Waals surface area contributed by atoms with Crippen LogP contribution in [-0.2, 0) is 0 Å². The van der Waals surface area contributed by atoms with Gasteiger partial charge in [0.25, 0.3) is 0 Å². The summed E-state index contributed by atoms with van der Waals surface area (Å²) < 4.78 is 11.1. The van der Waals surface area contributed by atoms with E-state index in [0.717, 1.165) is 45.1 Å². The van der Waals surface area contributed by atoms with Crippen LogP contribution in [0, 0.1) is 24.7 Å². The number of rotatable bonds is 6. The lowest BCUT2D eigenvalue weighted by Crippen LogP contribution is -2.10. The standard InChI is InChI=1S/C32H22N2O2/c1-3-21-35-25-17-13-23(14-18-25)31-27-9-5-7-11-29(27)34-32(28-10-6-8-12-30(28)33-31)24-15-19-26(20-16-24)36-22-4-2/h1-2,5-20H,21-22H2. The van der Waals surface area contributed by atoms with Crippen LogP contribution in [0.4, 0.5) is 11.4 Å². The fourth-order valence-corrected chi connectivity index (χ4v) is 4.01. The van der Waals surface area contributed by atoms with Crippen LogP contribution >= 0.6 is 0 Å². The average molecular weight is 467 g/mol. The molecule has 4 heteroatoms. The van der Waals surface area contributed by atoms with Gasteiger partial charge in [-0.05, 0) is 60.7 Å². The number of benzene rings is 4. The Bertz CT molecular complexity index is 1410. The molecule has 0 aliphatic carbocycles. The van der Waals surface area contributed by atoms with Crippen LogP contribution in [-0.4, -0.2) is 24.6 Å². The third kappa shape index (κ3) is 4.75. The van der Waals surface area contributed by atoms with Gasteiger partial charge in [-0.2, -0.15) is 0 Å². The summed E-state index contributed by atoms with van der Waals surface area (Å²) in [5.74, 6) is 6.40. The number of hydrogen-bond acceptors (Lipinski definition) is 4. The summed E-state index contributed by atoms with van der Waals surface area (Å²) in [7, 11) is 0. The van der Waals surface area contributed by atoms with E-state index in [9.17, 15) is 0 Å². The molecule has 0 spiro atoms. The van der Waals surface area contributed by atoms with Gasteiger partial charge in [-0.1, -0.05) is 48.2 Å². The lowest BCUT2D eigenvalue weighted by molar-refractivity contribution is 0.370. The zero-order valence-corrected chi connectivity index (χ0v) is 19.5. The molecule has 172 valence electrons. The molecule has 0 saturated heterocycles. The second-order valence-corrected chi connectivity index (χ2v) is 7.99. The third-order valence-electron chi connectivity index (χ3n) is 5.68. The molecule has 0 bridgehead atoms. The fourth-order valence-electron chi connectivity index (χ4n) is 4.01. The zero-order chi connectivity index (χ0) is 24.7. The highest BCUT2D eigenvalue weighted by Crippen LogP contribution is 2.33. The number of para-hydroxylation sites is 2. The maximum absolute atomic E-state index is 5.54. The van der Waals surface area contributed by atoms with E-state index in [4.69, 9.17) is 32.3 Å². The van der Waals surface area contributed by atoms with Gasteiger partial charge in [-0.25, -0.2) is 9.98 Å². The molecular formula is C32H22N2O2. The Balaban J connectivity index is 1.63. The van der Waals surface area contributed by atoms with Crippen molar-refractivity contribution in [3.63, 3.8) is 0 Å². The average Bonchev–Trinajstić information content (AvgIpc) is 2.93. The number of terminal acetylenes is 2. The lowest BCUT2D eigenvalue weighted by Gasteiger charge is -2.18. The van der Waals surface area contributed by atoms with Crippen LogP contribution in [0.25, 0.3) is 0 Å². The minimum Gasteiger partial charge on any atom is -0.481 e. The molecule has 36 heavy (non-hydrogen) atoms. The van der Waals surface area contributed by atoms with Crippen molar-refractivity contribution in [3.05, 3.63) is 119 Å². The molecular weight excluding hydrogens is 444 g/mol. The number of ether oxygens (including phenoxy) is 2. The molecule has 0 radical (unpaired) electrons. The molecule has 0 aromatic heterocycles. The Labute approximate surface area is 211 Å². The first-order chi connectivity index (χ1) is 17.8. The summed E-state index contributed by atoms with van der Waals surface area (Å²) in [4.78, 5) is 10.3. The molecule has 4 nitrogen and oxygen atoms in total. The Kier molecular flexibility index (Phi) is 6.61. The first-order valence-electron chi connectivity index (χ1n) is 11.5. The maximum Gasteiger partial charge on any atom is 0.148 e. The van der Waals surface area contributed by atoms with Crippen molar-refractivity contribution in [1.29, 1.82) is 0 Å². The van der Waals surface area contributed by atoms with E-state index in [0.29, 0.717) is 11.5 Å². The van der Waals surface area contributed by atoms with Crippen LogP contribution in [0.2, 0.25) is 0 Å². The molecule has 1 aliphatic heterocycles. The van der Waals surface area contributed by atoms with Crippen molar-refractivity contribution in [1.82, 2.24) is 0 Å². The summed E-state index contributed by atoms with van der Waals surface area (Å²) in [6.45, 7) is 0.454. The van der Waals surface area contributed by atoms with Crippen molar-refractivity contribution in [3.8, 4) is 36.2 Å². The number of hydrogen-bond donors (Lipinski definition) is 0. The monoisotopic (exact) mass is 466 g/mol. The molecule has 4 aromatic carbocycles. The van der Waals surface area contributed by atoms with Crippen LogP contribution in [0.1, 0.15) is 22.3 Å². The minimum atomic E-state index is 0.227. The molecule has 0 N–H and O–H groups in total. The molecule has 0 unspecified atom stereocenters. The van der Waals surface area contributed by atoms with Crippen molar-refractivity contribution in [2.75, 3.05) is 13.2 Å². The topological polar surface area (TPSA) is 43.2 Å². The van der Waals surface area contributed by atoms with Gasteiger partial charge in [0.15, 0.2) is 0 Å². The molecule has 1 heterocycles. The van der Waals surface area contributed by atoms with Gasteiger partial charge in [0.1, 0.15) is 24.7 Å². The van der Waals surface area contributed by atoms with E-state index in [2.05, 4.69) is 11.8 Å². The largest absolute Gasteiger partial charge is 0.481 e. The van der Waals surface area contributed by atoms with Gasteiger partial charge in [0.05, 0.1) is 22.8 Å². The van der Waals surface area contributed by atoms with Gasteiger partial charge < -0.3 is 9.47 Å². The van der Waals surface area contributed by atoms with Gasteiger partial charge in [0, 0.05) is 22.3 Å². The quantitative estimate of drug-likeness (QED) is 0.273. The zero-order valence-electron chi connectivity index (χ0n) is 19.5.